The predicted octanol–water partition coefficient (Wildman–Crippen LogP) is 4.59. The second-order valence-electron chi connectivity index (χ2n) is 6.49. The van der Waals surface area contributed by atoms with E-state index in [1.54, 1.807) is 0 Å². The highest BCUT2D eigenvalue weighted by molar-refractivity contribution is 5.47. The Morgan fingerprint density at radius 2 is 1.80 bits per heavy atom. The number of fused-ring (bicyclic) bond motifs is 1. The molecule has 0 heterocycles. The van der Waals surface area contributed by atoms with Crippen LogP contribution in [0.4, 0.5) is 0 Å². The van der Waals surface area contributed by atoms with Crippen LogP contribution < -0.4 is 0 Å². The molecule has 2 aliphatic rings. The van der Waals surface area contributed by atoms with E-state index in [1.165, 1.54) is 35.1 Å². The Kier molecular flexibility index (Phi) is 2.63. The van der Waals surface area contributed by atoms with Crippen LogP contribution in [0.15, 0.2) is 42.5 Å². The Morgan fingerprint density at radius 1 is 1.00 bits per heavy atom. The van der Waals surface area contributed by atoms with E-state index in [9.17, 15) is 5.11 Å². The zero-order chi connectivity index (χ0) is 13.7. The van der Waals surface area contributed by atoms with Gasteiger partial charge in [0.1, 0.15) is 5.75 Å². The van der Waals surface area contributed by atoms with E-state index in [4.69, 9.17) is 0 Å². The van der Waals surface area contributed by atoms with Gasteiger partial charge in [-0.2, -0.15) is 0 Å². The Morgan fingerprint density at radius 3 is 2.60 bits per heavy atom. The Bertz CT molecular complexity index is 655. The van der Waals surface area contributed by atoms with Crippen molar-refractivity contribution < 1.29 is 5.11 Å². The van der Waals surface area contributed by atoms with Gasteiger partial charge in [0, 0.05) is 5.92 Å². The molecule has 1 nitrogen and oxygen atoms in total. The molecule has 20 heavy (non-hydrogen) atoms. The fraction of sp³-hybridized carbons (Fsp3) is 0.368. The average Bonchev–Trinajstić information content (AvgIpc) is 3.23. The molecule has 4 rings (SSSR count). The molecule has 1 saturated carbocycles. The van der Waals surface area contributed by atoms with E-state index in [0.717, 1.165) is 12.3 Å². The van der Waals surface area contributed by atoms with Gasteiger partial charge in [0.15, 0.2) is 0 Å². The van der Waals surface area contributed by atoms with E-state index in [2.05, 4.69) is 37.3 Å². The largest absolute Gasteiger partial charge is 0.508 e. The van der Waals surface area contributed by atoms with Gasteiger partial charge in [-0.25, -0.2) is 0 Å². The highest BCUT2D eigenvalue weighted by atomic mass is 16.3. The van der Waals surface area contributed by atoms with Crippen molar-refractivity contribution in [2.45, 2.75) is 38.0 Å². The Labute approximate surface area is 120 Å². The van der Waals surface area contributed by atoms with Crippen LogP contribution in [-0.4, -0.2) is 5.11 Å². The number of hydrogen-bond donors (Lipinski definition) is 1. The number of phenols is 1. The molecule has 2 atom stereocenters. The molecule has 1 heteroatoms. The quantitative estimate of drug-likeness (QED) is 0.841. The third-order valence-electron chi connectivity index (χ3n) is 4.89. The lowest BCUT2D eigenvalue weighted by atomic mass is 9.86. The van der Waals surface area contributed by atoms with Crippen molar-refractivity contribution in [2.24, 2.45) is 5.92 Å². The molecule has 0 aliphatic heterocycles. The highest BCUT2D eigenvalue weighted by Gasteiger charge is 2.32. The van der Waals surface area contributed by atoms with Crippen molar-refractivity contribution in [3.05, 3.63) is 64.7 Å². The molecule has 2 aliphatic carbocycles. The molecular weight excluding hydrogens is 244 g/mol. The maximum absolute atomic E-state index is 9.80. The summed E-state index contributed by atoms with van der Waals surface area (Å²) < 4.78 is 0. The monoisotopic (exact) mass is 264 g/mol. The van der Waals surface area contributed by atoms with Crippen LogP contribution in [0.5, 0.6) is 5.75 Å². The number of hydrogen-bond acceptors (Lipinski definition) is 1. The first-order valence-electron chi connectivity index (χ1n) is 7.64. The van der Waals surface area contributed by atoms with Gasteiger partial charge in [-0.05, 0) is 65.5 Å². The summed E-state index contributed by atoms with van der Waals surface area (Å²) >= 11 is 0. The molecule has 0 amide bonds. The van der Waals surface area contributed by atoms with Crippen molar-refractivity contribution in [3.63, 3.8) is 0 Å². The lowest BCUT2D eigenvalue weighted by molar-refractivity contribution is 0.474. The first kappa shape index (κ1) is 12.0. The maximum atomic E-state index is 9.80. The zero-order valence-corrected chi connectivity index (χ0v) is 11.8. The third kappa shape index (κ3) is 1.93. The van der Waals surface area contributed by atoms with E-state index in [-0.39, 0.29) is 0 Å². The van der Waals surface area contributed by atoms with Crippen molar-refractivity contribution in [3.8, 4) is 5.75 Å². The van der Waals surface area contributed by atoms with Crippen molar-refractivity contribution >= 4 is 0 Å². The SMILES string of the molecule is C[C@H]1Cc2ccc(O)cc2[C@@H]1c1cccc(C2CC2)c1. The van der Waals surface area contributed by atoms with E-state index < -0.39 is 0 Å². The van der Waals surface area contributed by atoms with E-state index in [0.29, 0.717) is 17.6 Å². The fourth-order valence-corrected chi connectivity index (χ4v) is 3.76. The number of aromatic hydroxyl groups is 1. The van der Waals surface area contributed by atoms with Crippen LogP contribution in [0, 0.1) is 5.92 Å². The normalized spacial score (nSPS) is 24.6. The lowest BCUT2D eigenvalue weighted by Crippen LogP contribution is -2.05. The minimum Gasteiger partial charge on any atom is -0.508 e. The van der Waals surface area contributed by atoms with Gasteiger partial charge in [-0.15, -0.1) is 0 Å². The molecule has 0 aromatic heterocycles. The molecule has 0 bridgehead atoms. The molecule has 102 valence electrons. The summed E-state index contributed by atoms with van der Waals surface area (Å²) in [7, 11) is 0. The number of rotatable bonds is 2. The smallest absolute Gasteiger partial charge is 0.115 e. The molecule has 0 unspecified atom stereocenters. The summed E-state index contributed by atoms with van der Waals surface area (Å²) in [5.74, 6) is 2.24. The van der Waals surface area contributed by atoms with Crippen LogP contribution in [0.25, 0.3) is 0 Å². The number of benzene rings is 2. The van der Waals surface area contributed by atoms with Crippen LogP contribution in [0.2, 0.25) is 0 Å². The van der Waals surface area contributed by atoms with Crippen molar-refractivity contribution in [2.75, 3.05) is 0 Å². The molecule has 0 spiro atoms. The van der Waals surface area contributed by atoms with Gasteiger partial charge in [0.05, 0.1) is 0 Å². The van der Waals surface area contributed by atoms with Gasteiger partial charge in [0.2, 0.25) is 0 Å². The summed E-state index contributed by atoms with van der Waals surface area (Å²) in [6.07, 6.45) is 3.82. The second kappa shape index (κ2) is 4.37. The van der Waals surface area contributed by atoms with E-state index in [1.807, 2.05) is 12.1 Å². The standard InChI is InChI=1S/C19H20O/c1-12-9-15-7-8-17(20)11-18(15)19(12)16-4-2-3-14(10-16)13-5-6-13/h2-4,7-8,10-13,19-20H,5-6,9H2,1H3/t12-,19-/m0/s1. The van der Waals surface area contributed by atoms with Gasteiger partial charge in [0.25, 0.3) is 0 Å². The zero-order valence-electron chi connectivity index (χ0n) is 11.8. The summed E-state index contributed by atoms with van der Waals surface area (Å²) in [5, 5.41) is 9.80. The first-order valence-corrected chi connectivity index (χ1v) is 7.64. The van der Waals surface area contributed by atoms with Crippen molar-refractivity contribution in [1.82, 2.24) is 0 Å². The molecular formula is C19H20O. The van der Waals surface area contributed by atoms with Gasteiger partial charge >= 0.3 is 0 Å². The molecule has 0 radical (unpaired) electrons. The van der Waals surface area contributed by atoms with Crippen LogP contribution >= 0.6 is 0 Å². The van der Waals surface area contributed by atoms with Crippen LogP contribution in [-0.2, 0) is 6.42 Å². The second-order valence-corrected chi connectivity index (χ2v) is 6.49. The van der Waals surface area contributed by atoms with Crippen LogP contribution in [0.3, 0.4) is 0 Å². The van der Waals surface area contributed by atoms with E-state index >= 15 is 0 Å². The molecule has 2 aromatic rings. The molecule has 2 aromatic carbocycles. The highest BCUT2D eigenvalue weighted by Crippen LogP contribution is 2.46. The molecule has 0 saturated heterocycles. The number of phenolic OH excluding ortho intramolecular Hbond substituents is 1. The Hall–Kier alpha value is -1.76. The van der Waals surface area contributed by atoms with Gasteiger partial charge in [-0.3, -0.25) is 0 Å². The molecule has 1 N–H and O–H groups in total. The Balaban J connectivity index is 1.78. The molecule has 1 fully saturated rings. The summed E-state index contributed by atoms with van der Waals surface area (Å²) in [5.41, 5.74) is 5.65. The van der Waals surface area contributed by atoms with Crippen molar-refractivity contribution in [1.29, 1.82) is 0 Å². The maximum Gasteiger partial charge on any atom is 0.115 e. The summed E-state index contributed by atoms with van der Waals surface area (Å²) in [4.78, 5) is 0. The minimum atomic E-state index is 0.390. The average molecular weight is 264 g/mol. The van der Waals surface area contributed by atoms with Gasteiger partial charge in [-0.1, -0.05) is 37.3 Å². The first-order chi connectivity index (χ1) is 9.72. The predicted molar refractivity (Wildman–Crippen MR) is 81.2 cm³/mol. The topological polar surface area (TPSA) is 20.2 Å². The minimum absolute atomic E-state index is 0.390. The summed E-state index contributed by atoms with van der Waals surface area (Å²) in [6.45, 7) is 2.32. The lowest BCUT2D eigenvalue weighted by Gasteiger charge is -2.18. The van der Waals surface area contributed by atoms with Crippen LogP contribution in [0.1, 0.15) is 53.9 Å². The van der Waals surface area contributed by atoms with Gasteiger partial charge < -0.3 is 5.11 Å². The third-order valence-corrected chi connectivity index (χ3v) is 4.89. The summed E-state index contributed by atoms with van der Waals surface area (Å²) in [6, 6.07) is 15.0. The fourth-order valence-electron chi connectivity index (χ4n) is 3.76.